The zero-order chi connectivity index (χ0) is 21.1. The standard InChI is InChI=1S/C23H26N4O3/c1-16-5-4-6-19(13-16)27-12-11-26(15-17(27)2)22(28)14-21-24-23(25-30-21)18-7-9-20(29-3)10-8-18/h4-10,13,17H,11-12,14-15H2,1-3H3/t17-/m0/s1. The van der Waals surface area contributed by atoms with Crippen LogP contribution in [-0.2, 0) is 11.2 Å². The lowest BCUT2D eigenvalue weighted by Crippen LogP contribution is -2.54. The molecule has 1 aromatic heterocycles. The summed E-state index contributed by atoms with van der Waals surface area (Å²) in [7, 11) is 1.62. The maximum atomic E-state index is 12.8. The summed E-state index contributed by atoms with van der Waals surface area (Å²) in [5.41, 5.74) is 3.26. The van der Waals surface area contributed by atoms with E-state index in [4.69, 9.17) is 9.26 Å². The molecular weight excluding hydrogens is 380 g/mol. The predicted molar refractivity (Wildman–Crippen MR) is 115 cm³/mol. The van der Waals surface area contributed by atoms with Crippen LogP contribution in [-0.4, -0.2) is 53.7 Å². The van der Waals surface area contributed by atoms with Crippen LogP contribution in [0.3, 0.4) is 0 Å². The molecule has 2 aromatic carbocycles. The van der Waals surface area contributed by atoms with Crippen molar-refractivity contribution in [2.45, 2.75) is 26.3 Å². The van der Waals surface area contributed by atoms with E-state index >= 15 is 0 Å². The summed E-state index contributed by atoms with van der Waals surface area (Å²) < 4.78 is 10.5. The van der Waals surface area contributed by atoms with Crippen molar-refractivity contribution in [2.75, 3.05) is 31.6 Å². The number of methoxy groups -OCH3 is 1. The summed E-state index contributed by atoms with van der Waals surface area (Å²) in [4.78, 5) is 21.4. The van der Waals surface area contributed by atoms with E-state index in [1.165, 1.54) is 11.3 Å². The molecule has 0 aliphatic carbocycles. The largest absolute Gasteiger partial charge is 0.497 e. The lowest BCUT2D eigenvalue weighted by molar-refractivity contribution is -0.131. The molecule has 3 aromatic rings. The van der Waals surface area contributed by atoms with Gasteiger partial charge in [0, 0.05) is 36.9 Å². The number of hydrogen-bond donors (Lipinski definition) is 0. The molecule has 0 N–H and O–H groups in total. The van der Waals surface area contributed by atoms with E-state index in [-0.39, 0.29) is 18.4 Å². The van der Waals surface area contributed by atoms with Crippen molar-refractivity contribution in [2.24, 2.45) is 0 Å². The van der Waals surface area contributed by atoms with E-state index < -0.39 is 0 Å². The van der Waals surface area contributed by atoms with Crippen molar-refractivity contribution >= 4 is 11.6 Å². The van der Waals surface area contributed by atoms with Crippen molar-refractivity contribution in [3.8, 4) is 17.1 Å². The van der Waals surface area contributed by atoms with Gasteiger partial charge in [0.25, 0.3) is 0 Å². The third-order valence-electron chi connectivity index (χ3n) is 5.43. The Morgan fingerprint density at radius 3 is 2.70 bits per heavy atom. The minimum atomic E-state index is 0.00988. The molecule has 1 aliphatic heterocycles. The molecule has 0 spiro atoms. The molecule has 1 fully saturated rings. The highest BCUT2D eigenvalue weighted by atomic mass is 16.5. The van der Waals surface area contributed by atoms with Gasteiger partial charge in [-0.1, -0.05) is 17.3 Å². The maximum Gasteiger partial charge on any atom is 0.236 e. The zero-order valence-electron chi connectivity index (χ0n) is 17.5. The number of anilines is 1. The average Bonchev–Trinajstić information content (AvgIpc) is 3.22. The van der Waals surface area contributed by atoms with E-state index in [0.29, 0.717) is 24.8 Å². The van der Waals surface area contributed by atoms with Gasteiger partial charge in [-0.15, -0.1) is 0 Å². The summed E-state index contributed by atoms with van der Waals surface area (Å²) in [6.45, 7) is 6.40. The number of piperazine rings is 1. The van der Waals surface area contributed by atoms with Crippen molar-refractivity contribution in [1.29, 1.82) is 0 Å². The lowest BCUT2D eigenvalue weighted by atomic mass is 10.1. The summed E-state index contributed by atoms with van der Waals surface area (Å²) >= 11 is 0. The van der Waals surface area contributed by atoms with Gasteiger partial charge in [-0.3, -0.25) is 4.79 Å². The molecule has 1 amide bonds. The first kappa shape index (κ1) is 19.9. The molecule has 0 saturated carbocycles. The fourth-order valence-corrected chi connectivity index (χ4v) is 3.80. The summed E-state index contributed by atoms with van der Waals surface area (Å²) in [6.07, 6.45) is 0.111. The molecule has 30 heavy (non-hydrogen) atoms. The van der Waals surface area contributed by atoms with Gasteiger partial charge in [0.2, 0.25) is 17.6 Å². The Morgan fingerprint density at radius 1 is 1.20 bits per heavy atom. The van der Waals surface area contributed by atoms with Crippen LogP contribution in [0.5, 0.6) is 5.75 Å². The van der Waals surface area contributed by atoms with Gasteiger partial charge >= 0.3 is 0 Å². The van der Waals surface area contributed by atoms with Crippen LogP contribution in [0.4, 0.5) is 5.69 Å². The van der Waals surface area contributed by atoms with Crippen LogP contribution in [0, 0.1) is 6.92 Å². The highest BCUT2D eigenvalue weighted by Gasteiger charge is 2.28. The van der Waals surface area contributed by atoms with E-state index in [1.807, 2.05) is 29.2 Å². The molecule has 156 valence electrons. The normalized spacial score (nSPS) is 16.6. The molecule has 1 atom stereocenters. The smallest absolute Gasteiger partial charge is 0.236 e. The van der Waals surface area contributed by atoms with Crippen molar-refractivity contribution < 1.29 is 14.1 Å². The number of benzene rings is 2. The molecule has 1 saturated heterocycles. The molecule has 1 aliphatic rings. The first-order chi connectivity index (χ1) is 14.5. The van der Waals surface area contributed by atoms with Gasteiger partial charge < -0.3 is 19.1 Å². The summed E-state index contributed by atoms with van der Waals surface area (Å²) in [5, 5.41) is 4.01. The van der Waals surface area contributed by atoms with Crippen molar-refractivity contribution in [1.82, 2.24) is 15.0 Å². The Labute approximate surface area is 176 Å². The van der Waals surface area contributed by atoms with Crippen LogP contribution >= 0.6 is 0 Å². The van der Waals surface area contributed by atoms with Gasteiger partial charge in [-0.05, 0) is 55.8 Å². The third-order valence-corrected chi connectivity index (χ3v) is 5.43. The van der Waals surface area contributed by atoms with Gasteiger partial charge in [0.15, 0.2) is 0 Å². The lowest BCUT2D eigenvalue weighted by Gasteiger charge is -2.41. The highest BCUT2D eigenvalue weighted by molar-refractivity contribution is 5.78. The SMILES string of the molecule is COc1ccc(-c2noc(CC(=O)N3CCN(c4cccc(C)c4)[C@@H](C)C3)n2)cc1. The van der Waals surface area contributed by atoms with Crippen molar-refractivity contribution in [3.05, 3.63) is 60.0 Å². The fraction of sp³-hybridized carbons (Fsp3) is 0.348. The topological polar surface area (TPSA) is 71.7 Å². The van der Waals surface area contributed by atoms with Crippen LogP contribution in [0.2, 0.25) is 0 Å². The van der Waals surface area contributed by atoms with E-state index in [2.05, 4.69) is 53.2 Å². The van der Waals surface area contributed by atoms with Crippen molar-refractivity contribution in [3.63, 3.8) is 0 Å². The average molecular weight is 406 g/mol. The Morgan fingerprint density at radius 2 is 2.00 bits per heavy atom. The Bertz CT molecular complexity index is 1020. The Balaban J connectivity index is 1.37. The van der Waals surface area contributed by atoms with Gasteiger partial charge in [-0.25, -0.2) is 0 Å². The fourth-order valence-electron chi connectivity index (χ4n) is 3.80. The molecule has 4 rings (SSSR count). The molecule has 0 radical (unpaired) electrons. The molecule has 7 nitrogen and oxygen atoms in total. The van der Waals surface area contributed by atoms with Crippen LogP contribution in [0.15, 0.2) is 53.1 Å². The Hall–Kier alpha value is -3.35. The second-order valence-corrected chi connectivity index (χ2v) is 7.64. The Kier molecular flexibility index (Phi) is 5.70. The number of nitrogens with zero attached hydrogens (tertiary/aromatic N) is 4. The minimum Gasteiger partial charge on any atom is -0.497 e. The van der Waals surface area contributed by atoms with E-state index in [1.54, 1.807) is 7.11 Å². The molecule has 2 heterocycles. The maximum absolute atomic E-state index is 12.8. The number of rotatable bonds is 5. The first-order valence-electron chi connectivity index (χ1n) is 10.1. The first-order valence-corrected chi connectivity index (χ1v) is 10.1. The van der Waals surface area contributed by atoms with Gasteiger partial charge in [0.1, 0.15) is 12.2 Å². The predicted octanol–water partition coefficient (Wildman–Crippen LogP) is 3.33. The molecular formula is C23H26N4O3. The minimum absolute atomic E-state index is 0.00988. The van der Waals surface area contributed by atoms with E-state index in [9.17, 15) is 4.79 Å². The molecule has 0 bridgehead atoms. The number of hydrogen-bond acceptors (Lipinski definition) is 6. The van der Waals surface area contributed by atoms with Crippen LogP contribution in [0.25, 0.3) is 11.4 Å². The number of carbonyl (C=O) groups excluding carboxylic acids is 1. The molecule has 0 unspecified atom stereocenters. The van der Waals surface area contributed by atoms with E-state index in [0.717, 1.165) is 17.9 Å². The number of aryl methyl sites for hydroxylation is 1. The summed E-state index contributed by atoms with van der Waals surface area (Å²) in [5.74, 6) is 1.57. The number of carbonyl (C=O) groups is 1. The van der Waals surface area contributed by atoms with Crippen LogP contribution in [0.1, 0.15) is 18.4 Å². The second kappa shape index (κ2) is 8.57. The highest BCUT2D eigenvalue weighted by Crippen LogP contribution is 2.23. The third kappa shape index (κ3) is 4.30. The monoisotopic (exact) mass is 406 g/mol. The van der Waals surface area contributed by atoms with Gasteiger partial charge in [-0.2, -0.15) is 4.98 Å². The zero-order valence-corrected chi connectivity index (χ0v) is 17.5. The number of ether oxygens (including phenoxy) is 1. The quantitative estimate of drug-likeness (QED) is 0.647. The number of aromatic nitrogens is 2. The van der Waals surface area contributed by atoms with Gasteiger partial charge in [0.05, 0.1) is 7.11 Å². The summed E-state index contributed by atoms with van der Waals surface area (Å²) in [6, 6.07) is 16.1. The second-order valence-electron chi connectivity index (χ2n) is 7.64. The number of amides is 1. The molecule has 7 heteroatoms. The van der Waals surface area contributed by atoms with Crippen LogP contribution < -0.4 is 9.64 Å².